The number of nitrogens with one attached hydrogen (secondary N) is 1. The lowest BCUT2D eigenvalue weighted by atomic mass is 10.1. The second kappa shape index (κ2) is 7.36. The maximum Gasteiger partial charge on any atom is 0.312 e. The molecule has 0 saturated carbocycles. The minimum Gasteiger partial charge on any atom is -0.501 e. The lowest BCUT2D eigenvalue weighted by Gasteiger charge is -2.01. The number of hydrogen-bond acceptors (Lipinski definition) is 6. The molecule has 0 radical (unpaired) electrons. The summed E-state index contributed by atoms with van der Waals surface area (Å²) in [6.07, 6.45) is 1.23. The van der Waals surface area contributed by atoms with Gasteiger partial charge in [0.15, 0.2) is 5.76 Å². The van der Waals surface area contributed by atoms with Crippen molar-refractivity contribution in [2.24, 2.45) is 5.10 Å². The highest BCUT2D eigenvalue weighted by Crippen LogP contribution is 2.34. The third-order valence-electron chi connectivity index (χ3n) is 4.29. The molecule has 0 unspecified atom stereocenters. The van der Waals surface area contributed by atoms with Crippen molar-refractivity contribution in [3.05, 3.63) is 80.5 Å². The summed E-state index contributed by atoms with van der Waals surface area (Å²) in [7, 11) is 0. The summed E-state index contributed by atoms with van der Waals surface area (Å²) in [5.41, 5.74) is 2.75. The number of phenolic OH excluding ortho intramolecular Hbond substituents is 1. The number of halogens is 1. The first-order chi connectivity index (χ1) is 13.9. The van der Waals surface area contributed by atoms with Crippen molar-refractivity contribution in [3.8, 4) is 5.75 Å². The van der Waals surface area contributed by atoms with Gasteiger partial charge in [-0.2, -0.15) is 5.10 Å². The quantitative estimate of drug-likeness (QED) is 0.263. The summed E-state index contributed by atoms with van der Waals surface area (Å²) >= 11 is 3.04. The van der Waals surface area contributed by atoms with Gasteiger partial charge >= 0.3 is 11.6 Å². The lowest BCUT2D eigenvalue weighted by Crippen LogP contribution is -2.16. The standard InChI is InChI=1S/C20H12BrN3O5/c21-15-7-11(8-16(19(15)25)24(27)28)10-22-23-20(26)18-9-14-13-4-2-1-3-12(13)5-6-17(14)29-18/h1-10,25H,(H,23,26)/b22-10+. The molecule has 1 heterocycles. The Kier molecular flexibility index (Phi) is 4.73. The molecule has 0 aliphatic rings. The number of carbonyl (C=O) groups excluding carboxylic acids is 1. The van der Waals surface area contributed by atoms with Crippen molar-refractivity contribution in [1.29, 1.82) is 0 Å². The highest BCUT2D eigenvalue weighted by molar-refractivity contribution is 9.10. The molecule has 0 fully saturated rings. The summed E-state index contributed by atoms with van der Waals surface area (Å²) < 4.78 is 5.75. The van der Waals surface area contributed by atoms with Crippen LogP contribution in [0.3, 0.4) is 0 Å². The van der Waals surface area contributed by atoms with Crippen LogP contribution in [0.15, 0.2) is 68.6 Å². The number of furan rings is 1. The first-order valence-electron chi connectivity index (χ1n) is 8.35. The van der Waals surface area contributed by atoms with Crippen LogP contribution in [0.2, 0.25) is 0 Å². The zero-order valence-corrected chi connectivity index (χ0v) is 16.2. The van der Waals surface area contributed by atoms with E-state index in [-0.39, 0.29) is 10.2 Å². The van der Waals surface area contributed by atoms with E-state index in [4.69, 9.17) is 4.42 Å². The van der Waals surface area contributed by atoms with E-state index >= 15 is 0 Å². The van der Waals surface area contributed by atoms with Gasteiger partial charge in [-0.15, -0.1) is 0 Å². The molecular weight excluding hydrogens is 442 g/mol. The average molecular weight is 454 g/mol. The number of carbonyl (C=O) groups is 1. The van der Waals surface area contributed by atoms with Gasteiger partial charge in [-0.05, 0) is 44.9 Å². The van der Waals surface area contributed by atoms with Gasteiger partial charge in [0, 0.05) is 17.0 Å². The molecule has 1 amide bonds. The van der Waals surface area contributed by atoms with E-state index in [0.717, 1.165) is 22.2 Å². The van der Waals surface area contributed by atoms with Crippen molar-refractivity contribution >= 4 is 55.5 Å². The highest BCUT2D eigenvalue weighted by Gasteiger charge is 2.17. The zero-order valence-electron chi connectivity index (χ0n) is 14.6. The Hall–Kier alpha value is -3.72. The molecule has 4 rings (SSSR count). The van der Waals surface area contributed by atoms with E-state index in [1.807, 2.05) is 30.3 Å². The number of aromatic hydroxyl groups is 1. The molecule has 3 aromatic carbocycles. The van der Waals surface area contributed by atoms with Gasteiger partial charge in [0.25, 0.3) is 0 Å². The van der Waals surface area contributed by atoms with Crippen molar-refractivity contribution in [1.82, 2.24) is 5.43 Å². The molecule has 0 aliphatic heterocycles. The summed E-state index contributed by atoms with van der Waals surface area (Å²) in [6, 6.07) is 15.7. The van der Waals surface area contributed by atoms with E-state index < -0.39 is 22.3 Å². The summed E-state index contributed by atoms with van der Waals surface area (Å²) in [5, 5.41) is 27.3. The topological polar surface area (TPSA) is 118 Å². The number of amides is 1. The molecule has 144 valence electrons. The predicted molar refractivity (Wildman–Crippen MR) is 111 cm³/mol. The van der Waals surface area contributed by atoms with Crippen LogP contribution in [0.1, 0.15) is 16.1 Å². The molecule has 0 saturated heterocycles. The van der Waals surface area contributed by atoms with Crippen LogP contribution >= 0.6 is 15.9 Å². The van der Waals surface area contributed by atoms with Crippen LogP contribution in [-0.4, -0.2) is 22.2 Å². The monoisotopic (exact) mass is 453 g/mol. The smallest absolute Gasteiger partial charge is 0.312 e. The number of hydrogen-bond donors (Lipinski definition) is 2. The molecule has 0 atom stereocenters. The molecule has 8 nitrogen and oxygen atoms in total. The number of fused-ring (bicyclic) bond motifs is 3. The molecule has 1 aromatic heterocycles. The molecule has 0 spiro atoms. The number of hydrazone groups is 1. The number of nitro benzene ring substituents is 1. The summed E-state index contributed by atoms with van der Waals surface area (Å²) in [6.45, 7) is 0. The average Bonchev–Trinajstić information content (AvgIpc) is 3.15. The number of phenols is 1. The molecule has 29 heavy (non-hydrogen) atoms. The molecule has 4 aromatic rings. The predicted octanol–water partition coefficient (Wildman–Crippen LogP) is 4.73. The van der Waals surface area contributed by atoms with Gasteiger partial charge < -0.3 is 9.52 Å². The van der Waals surface area contributed by atoms with Crippen LogP contribution < -0.4 is 5.43 Å². The van der Waals surface area contributed by atoms with Gasteiger partial charge in [0.1, 0.15) is 5.58 Å². The Morgan fingerprint density at radius 2 is 1.97 bits per heavy atom. The second-order valence-electron chi connectivity index (χ2n) is 6.14. The number of nitro groups is 1. The van der Waals surface area contributed by atoms with Crippen LogP contribution in [0.5, 0.6) is 5.75 Å². The maximum atomic E-state index is 12.4. The van der Waals surface area contributed by atoms with E-state index in [1.54, 1.807) is 12.1 Å². The number of benzene rings is 3. The van der Waals surface area contributed by atoms with Crippen LogP contribution in [-0.2, 0) is 0 Å². The van der Waals surface area contributed by atoms with E-state index in [2.05, 4.69) is 26.5 Å². The zero-order chi connectivity index (χ0) is 20.5. The van der Waals surface area contributed by atoms with Gasteiger partial charge in [-0.1, -0.05) is 30.3 Å². The Labute approximate surface area is 171 Å². The molecule has 0 bridgehead atoms. The van der Waals surface area contributed by atoms with E-state index in [9.17, 15) is 20.0 Å². The van der Waals surface area contributed by atoms with Gasteiger partial charge in [0.05, 0.1) is 15.6 Å². The first kappa shape index (κ1) is 18.6. The van der Waals surface area contributed by atoms with Crippen molar-refractivity contribution in [3.63, 3.8) is 0 Å². The summed E-state index contributed by atoms with van der Waals surface area (Å²) in [5.74, 6) is -0.953. The highest BCUT2D eigenvalue weighted by atomic mass is 79.9. The largest absolute Gasteiger partial charge is 0.501 e. The third-order valence-corrected chi connectivity index (χ3v) is 4.90. The van der Waals surface area contributed by atoms with E-state index in [0.29, 0.717) is 11.1 Å². The third kappa shape index (κ3) is 3.55. The van der Waals surface area contributed by atoms with Gasteiger partial charge in [-0.25, -0.2) is 5.43 Å². The van der Waals surface area contributed by atoms with Crippen LogP contribution in [0.4, 0.5) is 5.69 Å². The Balaban J connectivity index is 1.57. The van der Waals surface area contributed by atoms with Crippen molar-refractivity contribution in [2.45, 2.75) is 0 Å². The Morgan fingerprint density at radius 1 is 1.17 bits per heavy atom. The molecule has 2 N–H and O–H groups in total. The van der Waals surface area contributed by atoms with E-state index in [1.165, 1.54) is 12.3 Å². The maximum absolute atomic E-state index is 12.4. The fourth-order valence-electron chi connectivity index (χ4n) is 2.94. The SMILES string of the molecule is O=C(N/N=C/c1cc(Br)c(O)c([N+](=O)[O-])c1)c1cc2c(ccc3ccccc32)o1. The fraction of sp³-hybridized carbons (Fsp3) is 0. The molecular formula is C20H12BrN3O5. The fourth-order valence-corrected chi connectivity index (χ4v) is 3.41. The van der Waals surface area contributed by atoms with Crippen molar-refractivity contribution in [2.75, 3.05) is 0 Å². The molecule has 9 heteroatoms. The lowest BCUT2D eigenvalue weighted by molar-refractivity contribution is -0.386. The van der Waals surface area contributed by atoms with Crippen LogP contribution in [0.25, 0.3) is 21.7 Å². The second-order valence-corrected chi connectivity index (χ2v) is 6.99. The minimum absolute atomic E-state index is 0.0892. The summed E-state index contributed by atoms with van der Waals surface area (Å²) in [4.78, 5) is 22.6. The first-order valence-corrected chi connectivity index (χ1v) is 9.15. The number of rotatable bonds is 4. The normalized spacial score (nSPS) is 11.3. The van der Waals surface area contributed by atoms with Gasteiger partial charge in [0.2, 0.25) is 5.75 Å². The Bertz CT molecular complexity index is 1310. The Morgan fingerprint density at radius 3 is 2.76 bits per heavy atom. The molecule has 0 aliphatic carbocycles. The number of nitrogens with zero attached hydrogens (tertiary/aromatic N) is 2. The van der Waals surface area contributed by atoms with Crippen molar-refractivity contribution < 1.29 is 19.2 Å². The minimum atomic E-state index is -0.714. The van der Waals surface area contributed by atoms with Gasteiger partial charge in [-0.3, -0.25) is 14.9 Å². The van der Waals surface area contributed by atoms with Crippen LogP contribution in [0, 0.1) is 10.1 Å².